The Kier molecular flexibility index (Phi) is 4.46. The van der Waals surface area contributed by atoms with Crippen LogP contribution in [0.15, 0.2) is 0 Å². The number of carboxylic acid groups (broad SMARTS) is 1. The van der Waals surface area contributed by atoms with E-state index in [0.29, 0.717) is 0 Å². The zero-order valence-electron chi connectivity index (χ0n) is 6.61. The van der Waals surface area contributed by atoms with Crippen LogP contribution in [0.4, 0.5) is 0 Å². The Bertz CT molecular complexity index is 202. The lowest BCUT2D eigenvalue weighted by atomic mass is 10.2. The zero-order valence-corrected chi connectivity index (χ0v) is 6.61. The van der Waals surface area contributed by atoms with Gasteiger partial charge in [-0.05, 0) is 0 Å². The standard InChI is InChI=1S/C7H9NO4/c1-5(9)12-6(2-3-8)4-7(10)11/h6H,2,4H2,1H3,(H,10,11)/t6-/m1/s1. The maximum Gasteiger partial charge on any atom is 0.307 e. The summed E-state index contributed by atoms with van der Waals surface area (Å²) in [6.07, 6.45) is -1.25. The highest BCUT2D eigenvalue weighted by molar-refractivity contribution is 5.69. The molecule has 0 aliphatic heterocycles. The SMILES string of the molecule is CC(=O)O[C@H](CC#N)CC(=O)O. The predicted octanol–water partition coefficient (Wildman–Crippen LogP) is 0.306. The maximum absolute atomic E-state index is 10.4. The van der Waals surface area contributed by atoms with Crippen molar-refractivity contribution in [2.45, 2.75) is 25.9 Å². The fourth-order valence-electron chi connectivity index (χ4n) is 0.687. The molecule has 0 aromatic rings. The first-order chi connectivity index (χ1) is 5.56. The van der Waals surface area contributed by atoms with E-state index in [4.69, 9.17) is 10.4 Å². The van der Waals surface area contributed by atoms with Gasteiger partial charge in [-0.15, -0.1) is 0 Å². The Morgan fingerprint density at radius 2 is 2.25 bits per heavy atom. The third-order valence-electron chi connectivity index (χ3n) is 1.05. The summed E-state index contributed by atoms with van der Waals surface area (Å²) in [5.41, 5.74) is 0. The molecule has 0 amide bonds. The molecule has 0 unspecified atom stereocenters. The summed E-state index contributed by atoms with van der Waals surface area (Å²) in [5, 5.41) is 16.6. The average molecular weight is 171 g/mol. The Hall–Kier alpha value is -1.57. The van der Waals surface area contributed by atoms with Gasteiger partial charge >= 0.3 is 11.9 Å². The van der Waals surface area contributed by atoms with Crippen LogP contribution >= 0.6 is 0 Å². The number of rotatable bonds is 4. The van der Waals surface area contributed by atoms with Gasteiger partial charge in [0.25, 0.3) is 0 Å². The molecule has 5 nitrogen and oxygen atoms in total. The Balaban J connectivity index is 3.96. The van der Waals surface area contributed by atoms with E-state index in [1.807, 2.05) is 0 Å². The first-order valence-electron chi connectivity index (χ1n) is 3.32. The summed E-state index contributed by atoms with van der Waals surface area (Å²) in [7, 11) is 0. The number of carbonyl (C=O) groups excluding carboxylic acids is 1. The van der Waals surface area contributed by atoms with Crippen LogP contribution in [0.1, 0.15) is 19.8 Å². The van der Waals surface area contributed by atoms with Crippen molar-refractivity contribution < 1.29 is 19.4 Å². The smallest absolute Gasteiger partial charge is 0.307 e. The fourth-order valence-corrected chi connectivity index (χ4v) is 0.687. The van der Waals surface area contributed by atoms with Crippen molar-refractivity contribution in [3.63, 3.8) is 0 Å². The number of nitriles is 1. The Morgan fingerprint density at radius 3 is 2.58 bits per heavy atom. The summed E-state index contributed by atoms with van der Waals surface area (Å²) in [5.74, 6) is -1.66. The van der Waals surface area contributed by atoms with Crippen molar-refractivity contribution >= 4 is 11.9 Å². The van der Waals surface area contributed by atoms with Gasteiger partial charge in [-0.2, -0.15) is 5.26 Å². The molecule has 12 heavy (non-hydrogen) atoms. The molecule has 0 heterocycles. The van der Waals surface area contributed by atoms with Crippen LogP contribution in [-0.2, 0) is 14.3 Å². The van der Waals surface area contributed by atoms with E-state index in [1.54, 1.807) is 6.07 Å². The van der Waals surface area contributed by atoms with E-state index < -0.39 is 18.0 Å². The minimum Gasteiger partial charge on any atom is -0.481 e. The lowest BCUT2D eigenvalue weighted by Crippen LogP contribution is -2.19. The molecular weight excluding hydrogens is 162 g/mol. The molecule has 0 fully saturated rings. The first-order valence-corrected chi connectivity index (χ1v) is 3.32. The van der Waals surface area contributed by atoms with E-state index >= 15 is 0 Å². The third-order valence-corrected chi connectivity index (χ3v) is 1.05. The van der Waals surface area contributed by atoms with Crippen LogP contribution in [-0.4, -0.2) is 23.1 Å². The van der Waals surface area contributed by atoms with Crippen molar-refractivity contribution in [3.05, 3.63) is 0 Å². The summed E-state index contributed by atoms with van der Waals surface area (Å²) >= 11 is 0. The van der Waals surface area contributed by atoms with E-state index in [-0.39, 0.29) is 12.8 Å². The van der Waals surface area contributed by atoms with Crippen LogP contribution in [0, 0.1) is 11.3 Å². The molecule has 0 aromatic carbocycles. The largest absolute Gasteiger partial charge is 0.481 e. The zero-order chi connectivity index (χ0) is 9.56. The van der Waals surface area contributed by atoms with Gasteiger partial charge in [0.05, 0.1) is 18.9 Å². The van der Waals surface area contributed by atoms with Crippen LogP contribution in [0.25, 0.3) is 0 Å². The summed E-state index contributed by atoms with van der Waals surface area (Å²) < 4.78 is 4.56. The molecule has 0 rings (SSSR count). The lowest BCUT2D eigenvalue weighted by Gasteiger charge is -2.10. The highest BCUT2D eigenvalue weighted by Gasteiger charge is 2.15. The minimum atomic E-state index is -1.09. The number of aliphatic carboxylic acids is 1. The number of ether oxygens (including phenoxy) is 1. The van der Waals surface area contributed by atoms with Crippen LogP contribution in [0.3, 0.4) is 0 Å². The van der Waals surface area contributed by atoms with Crippen LogP contribution in [0.5, 0.6) is 0 Å². The van der Waals surface area contributed by atoms with Crippen molar-refractivity contribution in [2.24, 2.45) is 0 Å². The maximum atomic E-state index is 10.4. The van der Waals surface area contributed by atoms with Crippen molar-refractivity contribution in [1.82, 2.24) is 0 Å². The van der Waals surface area contributed by atoms with Crippen molar-refractivity contribution in [2.75, 3.05) is 0 Å². The van der Waals surface area contributed by atoms with Crippen molar-refractivity contribution in [3.8, 4) is 6.07 Å². The second-order valence-corrected chi connectivity index (χ2v) is 2.19. The third kappa shape index (κ3) is 5.23. The molecule has 0 aliphatic rings. The predicted molar refractivity (Wildman–Crippen MR) is 38.0 cm³/mol. The monoisotopic (exact) mass is 171 g/mol. The lowest BCUT2D eigenvalue weighted by molar-refractivity contribution is -0.150. The van der Waals surface area contributed by atoms with Gasteiger partial charge < -0.3 is 9.84 Å². The molecule has 0 radical (unpaired) electrons. The molecule has 0 aromatic heterocycles. The van der Waals surface area contributed by atoms with Gasteiger partial charge in [0.15, 0.2) is 0 Å². The van der Waals surface area contributed by atoms with E-state index in [2.05, 4.69) is 4.74 Å². The van der Waals surface area contributed by atoms with Crippen molar-refractivity contribution in [1.29, 1.82) is 5.26 Å². The van der Waals surface area contributed by atoms with E-state index in [9.17, 15) is 9.59 Å². The molecule has 0 saturated heterocycles. The minimum absolute atomic E-state index is 0.0914. The molecule has 5 heteroatoms. The quantitative estimate of drug-likeness (QED) is 0.615. The second kappa shape index (κ2) is 5.13. The van der Waals surface area contributed by atoms with Gasteiger partial charge in [0, 0.05) is 6.92 Å². The summed E-state index contributed by atoms with van der Waals surface area (Å²) in [6, 6.07) is 1.74. The number of esters is 1. The number of hydrogen-bond acceptors (Lipinski definition) is 4. The van der Waals surface area contributed by atoms with E-state index in [1.165, 1.54) is 6.92 Å². The number of carbonyl (C=O) groups is 2. The van der Waals surface area contributed by atoms with Crippen LogP contribution in [0.2, 0.25) is 0 Å². The van der Waals surface area contributed by atoms with Crippen LogP contribution < -0.4 is 0 Å². The highest BCUT2D eigenvalue weighted by Crippen LogP contribution is 2.03. The topological polar surface area (TPSA) is 87.4 Å². The van der Waals surface area contributed by atoms with E-state index in [0.717, 1.165) is 0 Å². The molecule has 66 valence electrons. The normalized spacial score (nSPS) is 11.3. The van der Waals surface area contributed by atoms with Gasteiger partial charge in [0.1, 0.15) is 6.10 Å². The average Bonchev–Trinajstić information content (AvgIpc) is 1.84. The second-order valence-electron chi connectivity index (χ2n) is 2.19. The number of nitrogens with zero attached hydrogens (tertiary/aromatic N) is 1. The molecule has 0 saturated carbocycles. The molecule has 0 spiro atoms. The van der Waals surface area contributed by atoms with Gasteiger partial charge in [-0.25, -0.2) is 0 Å². The Labute approximate surface area is 69.6 Å². The molecular formula is C7H9NO4. The molecule has 0 bridgehead atoms. The molecule has 1 N–H and O–H groups in total. The highest BCUT2D eigenvalue weighted by atomic mass is 16.5. The summed E-state index contributed by atoms with van der Waals surface area (Å²) in [6.45, 7) is 1.17. The Morgan fingerprint density at radius 1 is 1.67 bits per heavy atom. The molecule has 0 aliphatic carbocycles. The van der Waals surface area contributed by atoms with Gasteiger partial charge in [-0.3, -0.25) is 9.59 Å². The first kappa shape index (κ1) is 10.4. The van der Waals surface area contributed by atoms with Gasteiger partial charge in [0.2, 0.25) is 0 Å². The van der Waals surface area contributed by atoms with Gasteiger partial charge in [-0.1, -0.05) is 0 Å². The fraction of sp³-hybridized carbons (Fsp3) is 0.571. The summed E-state index contributed by atoms with van der Waals surface area (Å²) in [4.78, 5) is 20.6. The number of hydrogen-bond donors (Lipinski definition) is 1. The number of carboxylic acids is 1. The molecule has 1 atom stereocenters.